The van der Waals surface area contributed by atoms with Crippen molar-refractivity contribution in [2.24, 2.45) is 0 Å². The molecule has 0 radical (unpaired) electrons. The smallest absolute Gasteiger partial charge is 0.335 e. The summed E-state index contributed by atoms with van der Waals surface area (Å²) in [6, 6.07) is 4.99. The molecular formula is C15H15N3O3. The third-order valence-electron chi connectivity index (χ3n) is 3.80. The summed E-state index contributed by atoms with van der Waals surface area (Å²) < 4.78 is 0. The summed E-state index contributed by atoms with van der Waals surface area (Å²) in [5, 5.41) is 15.9. The Labute approximate surface area is 121 Å². The standard InChI is InChI=1S/C15H15N3O3/c1-8-13(9(2)17-16-8)14(19)18-6-11-4-3-10(15(20)21)5-12(11)7-18/h3-5H,6-7H2,1-2H3,(H,16,17)(H,20,21). The van der Waals surface area contributed by atoms with Crippen molar-refractivity contribution in [3.8, 4) is 0 Å². The van der Waals surface area contributed by atoms with E-state index in [1.54, 1.807) is 30.0 Å². The largest absolute Gasteiger partial charge is 0.478 e. The molecule has 2 aromatic rings. The van der Waals surface area contributed by atoms with Crippen molar-refractivity contribution in [3.63, 3.8) is 0 Å². The Morgan fingerprint density at radius 2 is 1.95 bits per heavy atom. The molecule has 0 aliphatic carbocycles. The van der Waals surface area contributed by atoms with Gasteiger partial charge in [-0.3, -0.25) is 9.89 Å². The molecule has 1 amide bonds. The molecule has 1 aromatic carbocycles. The molecule has 6 heteroatoms. The highest BCUT2D eigenvalue weighted by Crippen LogP contribution is 2.26. The Balaban J connectivity index is 1.88. The number of aromatic carboxylic acids is 1. The van der Waals surface area contributed by atoms with Crippen LogP contribution in [0.3, 0.4) is 0 Å². The number of benzene rings is 1. The van der Waals surface area contributed by atoms with Gasteiger partial charge in [0.05, 0.1) is 16.8 Å². The second-order valence-electron chi connectivity index (χ2n) is 5.26. The van der Waals surface area contributed by atoms with Crippen LogP contribution in [0.5, 0.6) is 0 Å². The summed E-state index contributed by atoms with van der Waals surface area (Å²) in [6.45, 7) is 4.54. The minimum absolute atomic E-state index is 0.0770. The van der Waals surface area contributed by atoms with Crippen molar-refractivity contribution < 1.29 is 14.7 Å². The number of carboxylic acids is 1. The number of aromatic amines is 1. The minimum atomic E-state index is -0.955. The number of H-pyrrole nitrogens is 1. The first-order chi connectivity index (χ1) is 9.97. The molecule has 0 unspecified atom stereocenters. The maximum absolute atomic E-state index is 12.6. The molecule has 1 aliphatic rings. The summed E-state index contributed by atoms with van der Waals surface area (Å²) in [5.41, 5.74) is 4.16. The van der Waals surface area contributed by atoms with Crippen LogP contribution in [0.1, 0.15) is 43.2 Å². The van der Waals surface area contributed by atoms with Crippen LogP contribution in [0.2, 0.25) is 0 Å². The number of carbonyl (C=O) groups is 2. The van der Waals surface area contributed by atoms with E-state index in [0.717, 1.165) is 16.8 Å². The number of amides is 1. The Bertz CT molecular complexity index is 729. The molecule has 6 nitrogen and oxygen atoms in total. The molecule has 3 rings (SSSR count). The highest BCUT2D eigenvalue weighted by molar-refractivity contribution is 5.96. The van der Waals surface area contributed by atoms with Gasteiger partial charge in [0.2, 0.25) is 0 Å². The average Bonchev–Trinajstić information content (AvgIpc) is 3.01. The van der Waals surface area contributed by atoms with E-state index in [1.165, 1.54) is 0 Å². The van der Waals surface area contributed by atoms with Crippen LogP contribution in [-0.2, 0) is 13.1 Å². The number of nitrogens with zero attached hydrogens (tertiary/aromatic N) is 2. The van der Waals surface area contributed by atoms with Crippen LogP contribution in [0.4, 0.5) is 0 Å². The van der Waals surface area contributed by atoms with E-state index in [-0.39, 0.29) is 11.5 Å². The fourth-order valence-electron chi connectivity index (χ4n) is 2.70. The maximum Gasteiger partial charge on any atom is 0.335 e. The summed E-state index contributed by atoms with van der Waals surface area (Å²) in [7, 11) is 0. The van der Waals surface area contributed by atoms with Gasteiger partial charge in [-0.2, -0.15) is 5.10 Å². The summed E-state index contributed by atoms with van der Waals surface area (Å²) >= 11 is 0. The summed E-state index contributed by atoms with van der Waals surface area (Å²) in [4.78, 5) is 25.3. The molecule has 108 valence electrons. The van der Waals surface area contributed by atoms with Crippen LogP contribution >= 0.6 is 0 Å². The van der Waals surface area contributed by atoms with E-state index in [1.807, 2.05) is 6.92 Å². The van der Waals surface area contributed by atoms with E-state index in [2.05, 4.69) is 10.2 Å². The van der Waals surface area contributed by atoms with Gasteiger partial charge in [-0.15, -0.1) is 0 Å². The van der Waals surface area contributed by atoms with Gasteiger partial charge in [0, 0.05) is 18.8 Å². The zero-order valence-electron chi connectivity index (χ0n) is 11.8. The second kappa shape index (κ2) is 4.73. The van der Waals surface area contributed by atoms with E-state index in [0.29, 0.717) is 24.3 Å². The highest BCUT2D eigenvalue weighted by Gasteiger charge is 2.27. The molecule has 0 fully saturated rings. The number of nitrogens with one attached hydrogen (secondary N) is 1. The summed E-state index contributed by atoms with van der Waals surface area (Å²) in [5.74, 6) is -1.03. The third-order valence-corrected chi connectivity index (χ3v) is 3.80. The summed E-state index contributed by atoms with van der Waals surface area (Å²) in [6.07, 6.45) is 0. The quantitative estimate of drug-likeness (QED) is 0.882. The first-order valence-electron chi connectivity index (χ1n) is 6.63. The predicted octanol–water partition coefficient (Wildman–Crippen LogP) is 1.88. The molecule has 2 N–H and O–H groups in total. The van der Waals surface area contributed by atoms with Crippen molar-refractivity contribution in [2.75, 3.05) is 0 Å². The number of aromatic nitrogens is 2. The van der Waals surface area contributed by atoms with Gasteiger partial charge in [-0.25, -0.2) is 4.79 Å². The molecule has 0 atom stereocenters. The van der Waals surface area contributed by atoms with Gasteiger partial charge < -0.3 is 10.0 Å². The average molecular weight is 285 g/mol. The molecule has 1 aromatic heterocycles. The topological polar surface area (TPSA) is 86.3 Å². The number of hydrogen-bond donors (Lipinski definition) is 2. The van der Waals surface area contributed by atoms with Gasteiger partial charge in [0.1, 0.15) is 0 Å². The Kier molecular flexibility index (Phi) is 3.01. The second-order valence-corrected chi connectivity index (χ2v) is 5.26. The SMILES string of the molecule is Cc1n[nH]c(C)c1C(=O)N1Cc2ccc(C(=O)O)cc2C1. The fourth-order valence-corrected chi connectivity index (χ4v) is 2.70. The lowest BCUT2D eigenvalue weighted by Crippen LogP contribution is -2.26. The molecule has 2 heterocycles. The number of aryl methyl sites for hydroxylation is 2. The first kappa shape index (κ1) is 13.4. The van der Waals surface area contributed by atoms with E-state index in [4.69, 9.17) is 5.11 Å². The monoisotopic (exact) mass is 285 g/mol. The van der Waals surface area contributed by atoms with Gasteiger partial charge >= 0.3 is 5.97 Å². The van der Waals surface area contributed by atoms with Crippen LogP contribution < -0.4 is 0 Å². The van der Waals surface area contributed by atoms with Crippen LogP contribution in [0.25, 0.3) is 0 Å². The van der Waals surface area contributed by atoms with Crippen molar-refractivity contribution in [3.05, 3.63) is 51.8 Å². The van der Waals surface area contributed by atoms with Crippen LogP contribution in [-0.4, -0.2) is 32.1 Å². The zero-order valence-corrected chi connectivity index (χ0v) is 11.8. The lowest BCUT2D eigenvalue weighted by molar-refractivity contribution is 0.0696. The van der Waals surface area contributed by atoms with E-state index < -0.39 is 5.97 Å². The highest BCUT2D eigenvalue weighted by atomic mass is 16.4. The van der Waals surface area contributed by atoms with Gasteiger partial charge in [-0.1, -0.05) is 6.07 Å². The number of fused-ring (bicyclic) bond motifs is 1. The van der Waals surface area contributed by atoms with E-state index >= 15 is 0 Å². The van der Waals surface area contributed by atoms with Crippen LogP contribution in [0, 0.1) is 13.8 Å². The first-order valence-corrected chi connectivity index (χ1v) is 6.63. The Morgan fingerprint density at radius 3 is 2.57 bits per heavy atom. The molecule has 0 bridgehead atoms. The Hall–Kier alpha value is -2.63. The van der Waals surface area contributed by atoms with Gasteiger partial charge in [0.15, 0.2) is 0 Å². The van der Waals surface area contributed by atoms with Gasteiger partial charge in [0.25, 0.3) is 5.91 Å². The zero-order chi connectivity index (χ0) is 15.1. The maximum atomic E-state index is 12.6. The number of carboxylic acid groups (broad SMARTS) is 1. The predicted molar refractivity (Wildman–Crippen MR) is 75.0 cm³/mol. The molecule has 21 heavy (non-hydrogen) atoms. The van der Waals surface area contributed by atoms with E-state index in [9.17, 15) is 9.59 Å². The van der Waals surface area contributed by atoms with Crippen molar-refractivity contribution >= 4 is 11.9 Å². The molecule has 0 spiro atoms. The lowest BCUT2D eigenvalue weighted by atomic mass is 10.1. The fraction of sp³-hybridized carbons (Fsp3) is 0.267. The van der Waals surface area contributed by atoms with Crippen molar-refractivity contribution in [1.82, 2.24) is 15.1 Å². The molecular weight excluding hydrogens is 270 g/mol. The van der Waals surface area contributed by atoms with Crippen molar-refractivity contribution in [2.45, 2.75) is 26.9 Å². The number of carbonyl (C=O) groups excluding carboxylic acids is 1. The third kappa shape index (κ3) is 2.18. The Morgan fingerprint density at radius 1 is 1.24 bits per heavy atom. The number of hydrogen-bond acceptors (Lipinski definition) is 3. The van der Waals surface area contributed by atoms with Gasteiger partial charge in [-0.05, 0) is 37.1 Å². The molecule has 0 saturated carbocycles. The molecule has 0 saturated heterocycles. The van der Waals surface area contributed by atoms with Crippen molar-refractivity contribution in [1.29, 1.82) is 0 Å². The van der Waals surface area contributed by atoms with Crippen LogP contribution in [0.15, 0.2) is 18.2 Å². The number of rotatable bonds is 2. The normalized spacial score (nSPS) is 13.3. The minimum Gasteiger partial charge on any atom is -0.478 e. The lowest BCUT2D eigenvalue weighted by Gasteiger charge is -2.15. The molecule has 1 aliphatic heterocycles.